The maximum Gasteiger partial charge on any atom is 0.178 e. The summed E-state index contributed by atoms with van der Waals surface area (Å²) in [6.07, 6.45) is 4.88. The van der Waals surface area contributed by atoms with Crippen molar-refractivity contribution in [3.05, 3.63) is 0 Å². The Bertz CT molecular complexity index is 115. The lowest BCUT2D eigenvalue weighted by molar-refractivity contribution is 0.727. The Kier molecular flexibility index (Phi) is 3.94. The summed E-state index contributed by atoms with van der Waals surface area (Å²) in [6.45, 7) is 0.414. The van der Waals surface area contributed by atoms with Gasteiger partial charge in [0.25, 0.3) is 0 Å². The van der Waals surface area contributed by atoms with Gasteiger partial charge in [-0.2, -0.15) is 0 Å². The largest absolute Gasteiger partial charge is 0.375 e. The van der Waals surface area contributed by atoms with Gasteiger partial charge in [-0.25, -0.2) is 5.43 Å². The molecule has 0 radical (unpaired) electrons. The fourth-order valence-electron chi connectivity index (χ4n) is 0.182. The van der Waals surface area contributed by atoms with E-state index in [2.05, 4.69) is 29.0 Å². The van der Waals surface area contributed by atoms with Gasteiger partial charge < -0.3 is 5.73 Å². The average Bonchev–Trinajstić information content (AvgIpc) is 1.66. The van der Waals surface area contributed by atoms with E-state index in [0.717, 1.165) is 0 Å². The van der Waals surface area contributed by atoms with Crippen LogP contribution in [-0.2, 0) is 0 Å². The van der Waals surface area contributed by atoms with Gasteiger partial charge in [0.2, 0.25) is 0 Å². The molecule has 4 heteroatoms. The first kappa shape index (κ1) is 7.21. The molecule has 0 spiro atoms. The molecular formula is C4H7N3S. The van der Waals surface area contributed by atoms with Crippen LogP contribution in [0.15, 0.2) is 0 Å². The summed E-state index contributed by atoms with van der Waals surface area (Å²) < 4.78 is 0. The number of rotatable bonds is 2. The molecular weight excluding hydrogens is 122 g/mol. The van der Waals surface area contributed by atoms with Crippen molar-refractivity contribution in [3.8, 4) is 12.3 Å². The van der Waals surface area contributed by atoms with Crippen molar-refractivity contribution in [3.63, 3.8) is 0 Å². The zero-order valence-electron chi connectivity index (χ0n) is 4.27. The summed E-state index contributed by atoms with van der Waals surface area (Å²) in [7, 11) is 0. The Balaban J connectivity index is 2.97. The summed E-state index contributed by atoms with van der Waals surface area (Å²) in [6, 6.07) is 0. The summed E-state index contributed by atoms with van der Waals surface area (Å²) in [5.74, 6) is 2.33. The van der Waals surface area contributed by atoms with E-state index in [9.17, 15) is 0 Å². The van der Waals surface area contributed by atoms with E-state index < -0.39 is 0 Å². The Hall–Kier alpha value is -0.790. The monoisotopic (exact) mass is 129 g/mol. The van der Waals surface area contributed by atoms with Crippen LogP contribution in [0.2, 0.25) is 0 Å². The first-order chi connectivity index (χ1) is 3.77. The molecule has 0 saturated carbocycles. The topological polar surface area (TPSA) is 50.1 Å². The van der Waals surface area contributed by atoms with Gasteiger partial charge >= 0.3 is 0 Å². The second-order valence-electron chi connectivity index (χ2n) is 1.05. The number of hydrazine groups is 1. The molecule has 0 bridgehead atoms. The SMILES string of the molecule is C#CCNNC(N)=S. The predicted molar refractivity (Wildman–Crippen MR) is 36.8 cm³/mol. The minimum Gasteiger partial charge on any atom is -0.375 e. The average molecular weight is 129 g/mol. The smallest absolute Gasteiger partial charge is 0.178 e. The molecule has 0 aromatic carbocycles. The summed E-state index contributed by atoms with van der Waals surface area (Å²) in [4.78, 5) is 0. The third kappa shape index (κ3) is 5.21. The van der Waals surface area contributed by atoms with Gasteiger partial charge in [0.15, 0.2) is 5.11 Å². The number of terminal acetylenes is 1. The van der Waals surface area contributed by atoms with E-state index in [1.54, 1.807) is 0 Å². The van der Waals surface area contributed by atoms with Gasteiger partial charge in [0, 0.05) is 0 Å². The van der Waals surface area contributed by atoms with Crippen LogP contribution in [0.3, 0.4) is 0 Å². The minimum atomic E-state index is 0.195. The Morgan fingerprint density at radius 2 is 2.50 bits per heavy atom. The maximum atomic E-state index is 5.02. The van der Waals surface area contributed by atoms with E-state index >= 15 is 0 Å². The molecule has 0 aliphatic carbocycles. The summed E-state index contributed by atoms with van der Waals surface area (Å²) >= 11 is 4.44. The highest BCUT2D eigenvalue weighted by Gasteiger charge is 1.78. The highest BCUT2D eigenvalue weighted by molar-refractivity contribution is 7.80. The zero-order chi connectivity index (χ0) is 6.41. The van der Waals surface area contributed by atoms with Crippen molar-refractivity contribution >= 4 is 17.3 Å². The van der Waals surface area contributed by atoms with Crippen LogP contribution in [0.4, 0.5) is 0 Å². The Morgan fingerprint density at radius 1 is 1.88 bits per heavy atom. The Labute approximate surface area is 53.6 Å². The van der Waals surface area contributed by atoms with E-state index in [0.29, 0.717) is 6.54 Å². The zero-order valence-corrected chi connectivity index (χ0v) is 5.09. The van der Waals surface area contributed by atoms with Crippen LogP contribution in [0.25, 0.3) is 0 Å². The molecule has 44 valence electrons. The van der Waals surface area contributed by atoms with Crippen LogP contribution in [0, 0.1) is 12.3 Å². The molecule has 0 saturated heterocycles. The molecule has 0 unspecified atom stereocenters. The molecule has 8 heavy (non-hydrogen) atoms. The molecule has 0 aliphatic heterocycles. The summed E-state index contributed by atoms with van der Waals surface area (Å²) in [5, 5.41) is 0.195. The lowest BCUT2D eigenvalue weighted by atomic mass is 10.7. The van der Waals surface area contributed by atoms with E-state index in [1.807, 2.05) is 0 Å². The Morgan fingerprint density at radius 3 is 2.88 bits per heavy atom. The van der Waals surface area contributed by atoms with Crippen molar-refractivity contribution in [2.24, 2.45) is 5.73 Å². The standard InChI is InChI=1S/C4H7N3S/c1-2-3-6-7-4(5)8/h1,6H,3H2,(H3,5,7,8). The number of nitrogens with two attached hydrogens (primary N) is 1. The van der Waals surface area contributed by atoms with Crippen molar-refractivity contribution in [1.82, 2.24) is 10.9 Å². The molecule has 0 amide bonds. The first-order valence-electron chi connectivity index (χ1n) is 1.99. The second kappa shape index (κ2) is 4.37. The van der Waals surface area contributed by atoms with Gasteiger partial charge in [-0.05, 0) is 12.2 Å². The molecule has 0 fully saturated rings. The molecule has 0 aromatic rings. The van der Waals surface area contributed by atoms with Gasteiger partial charge in [-0.1, -0.05) is 5.92 Å². The quantitative estimate of drug-likeness (QED) is 0.193. The van der Waals surface area contributed by atoms with E-state index in [1.165, 1.54) is 0 Å². The highest BCUT2D eigenvalue weighted by Crippen LogP contribution is 1.50. The van der Waals surface area contributed by atoms with Crippen molar-refractivity contribution < 1.29 is 0 Å². The van der Waals surface area contributed by atoms with Crippen molar-refractivity contribution in [2.45, 2.75) is 0 Å². The molecule has 3 nitrogen and oxygen atoms in total. The fourth-order valence-corrected chi connectivity index (χ4v) is 0.255. The maximum absolute atomic E-state index is 5.02. The van der Waals surface area contributed by atoms with Crippen LogP contribution >= 0.6 is 12.2 Å². The molecule has 0 aliphatic rings. The van der Waals surface area contributed by atoms with Gasteiger partial charge in [-0.3, -0.25) is 5.43 Å². The third-order valence-corrected chi connectivity index (χ3v) is 0.504. The van der Waals surface area contributed by atoms with Crippen molar-refractivity contribution in [2.75, 3.05) is 6.54 Å². The minimum absolute atomic E-state index is 0.195. The van der Waals surface area contributed by atoms with E-state index in [-0.39, 0.29) is 5.11 Å². The molecule has 0 atom stereocenters. The third-order valence-electron chi connectivity index (χ3n) is 0.402. The van der Waals surface area contributed by atoms with Gasteiger partial charge in [0.05, 0.1) is 6.54 Å². The summed E-state index contributed by atoms with van der Waals surface area (Å²) in [5.41, 5.74) is 10.1. The lowest BCUT2D eigenvalue weighted by Gasteiger charge is -1.99. The first-order valence-corrected chi connectivity index (χ1v) is 2.40. The number of nitrogens with one attached hydrogen (secondary N) is 2. The number of hydrogen-bond acceptors (Lipinski definition) is 2. The normalized spacial score (nSPS) is 7.38. The molecule has 0 heterocycles. The van der Waals surface area contributed by atoms with Crippen LogP contribution in [-0.4, -0.2) is 11.7 Å². The van der Waals surface area contributed by atoms with Gasteiger partial charge in [0.1, 0.15) is 0 Å². The van der Waals surface area contributed by atoms with Gasteiger partial charge in [-0.15, -0.1) is 6.42 Å². The highest BCUT2D eigenvalue weighted by atomic mass is 32.1. The number of thiocarbonyl (C=S) groups is 1. The fraction of sp³-hybridized carbons (Fsp3) is 0.250. The molecule has 4 N–H and O–H groups in total. The predicted octanol–water partition coefficient (Wildman–Crippen LogP) is -1.04. The molecule has 0 aromatic heterocycles. The number of hydrogen-bond donors (Lipinski definition) is 3. The second-order valence-corrected chi connectivity index (χ2v) is 1.49. The van der Waals surface area contributed by atoms with Crippen LogP contribution < -0.4 is 16.6 Å². The molecule has 0 rings (SSSR count). The van der Waals surface area contributed by atoms with Crippen LogP contribution in [0.1, 0.15) is 0 Å². The lowest BCUT2D eigenvalue weighted by Crippen LogP contribution is -2.40. The van der Waals surface area contributed by atoms with Crippen LogP contribution in [0.5, 0.6) is 0 Å². The van der Waals surface area contributed by atoms with E-state index in [4.69, 9.17) is 12.2 Å². The van der Waals surface area contributed by atoms with Crippen molar-refractivity contribution in [1.29, 1.82) is 0 Å².